The highest BCUT2D eigenvalue weighted by Crippen LogP contribution is 2.14. The number of rotatable bonds is 6. The molecule has 0 radical (unpaired) electrons. The predicted octanol–water partition coefficient (Wildman–Crippen LogP) is 2.89. The standard InChI is InChI=1S/C14H17NO2/c15-14(13-6-8-17-11-13)7-9-16-10-12-4-2-1-3-5-12/h1-6,8,11,14H,7,9-10,15H2. The smallest absolute Gasteiger partial charge is 0.0950 e. The van der Waals surface area contributed by atoms with Gasteiger partial charge in [-0.2, -0.15) is 0 Å². The van der Waals surface area contributed by atoms with Gasteiger partial charge < -0.3 is 14.9 Å². The quantitative estimate of drug-likeness (QED) is 0.778. The van der Waals surface area contributed by atoms with Crippen LogP contribution >= 0.6 is 0 Å². The molecule has 1 aromatic carbocycles. The van der Waals surface area contributed by atoms with Gasteiger partial charge in [0.1, 0.15) is 0 Å². The van der Waals surface area contributed by atoms with Gasteiger partial charge in [-0.1, -0.05) is 30.3 Å². The zero-order valence-corrected chi connectivity index (χ0v) is 9.71. The van der Waals surface area contributed by atoms with Crippen LogP contribution in [-0.2, 0) is 11.3 Å². The Morgan fingerprint density at radius 1 is 1.18 bits per heavy atom. The third kappa shape index (κ3) is 3.73. The summed E-state index contributed by atoms with van der Waals surface area (Å²) in [7, 11) is 0. The van der Waals surface area contributed by atoms with Crippen molar-refractivity contribution in [3.05, 3.63) is 60.1 Å². The lowest BCUT2D eigenvalue weighted by Crippen LogP contribution is -2.12. The van der Waals surface area contributed by atoms with Crippen LogP contribution in [0.1, 0.15) is 23.6 Å². The van der Waals surface area contributed by atoms with E-state index in [0.29, 0.717) is 13.2 Å². The Labute approximate surface area is 101 Å². The van der Waals surface area contributed by atoms with Crippen molar-refractivity contribution in [2.75, 3.05) is 6.61 Å². The van der Waals surface area contributed by atoms with Crippen LogP contribution in [0.5, 0.6) is 0 Å². The number of ether oxygens (including phenoxy) is 1. The zero-order chi connectivity index (χ0) is 11.9. The lowest BCUT2D eigenvalue weighted by Gasteiger charge is -2.09. The maximum absolute atomic E-state index is 5.98. The average molecular weight is 231 g/mol. The molecule has 0 fully saturated rings. The fourth-order valence-corrected chi connectivity index (χ4v) is 1.63. The largest absolute Gasteiger partial charge is 0.472 e. The lowest BCUT2D eigenvalue weighted by atomic mass is 10.1. The summed E-state index contributed by atoms with van der Waals surface area (Å²) >= 11 is 0. The molecular formula is C14H17NO2. The van der Waals surface area contributed by atoms with Gasteiger partial charge in [-0.05, 0) is 18.1 Å². The Bertz CT molecular complexity index is 411. The van der Waals surface area contributed by atoms with E-state index >= 15 is 0 Å². The molecule has 0 saturated heterocycles. The Morgan fingerprint density at radius 3 is 2.71 bits per heavy atom. The van der Waals surface area contributed by atoms with Crippen LogP contribution in [0.15, 0.2) is 53.3 Å². The molecule has 90 valence electrons. The fourth-order valence-electron chi connectivity index (χ4n) is 1.63. The van der Waals surface area contributed by atoms with Gasteiger partial charge in [0.05, 0.1) is 19.1 Å². The first-order valence-corrected chi connectivity index (χ1v) is 5.75. The van der Waals surface area contributed by atoms with Gasteiger partial charge in [0.15, 0.2) is 0 Å². The van der Waals surface area contributed by atoms with Crippen LogP contribution < -0.4 is 5.73 Å². The summed E-state index contributed by atoms with van der Waals surface area (Å²) in [4.78, 5) is 0. The van der Waals surface area contributed by atoms with Crippen molar-refractivity contribution in [1.29, 1.82) is 0 Å². The van der Waals surface area contributed by atoms with Crippen molar-refractivity contribution in [2.24, 2.45) is 5.73 Å². The summed E-state index contributed by atoms with van der Waals surface area (Å²) < 4.78 is 10.6. The molecule has 0 saturated carbocycles. The molecule has 0 aliphatic heterocycles. The van der Waals surface area contributed by atoms with E-state index in [2.05, 4.69) is 12.1 Å². The summed E-state index contributed by atoms with van der Waals surface area (Å²) in [5, 5.41) is 0. The lowest BCUT2D eigenvalue weighted by molar-refractivity contribution is 0.114. The van der Waals surface area contributed by atoms with E-state index in [1.54, 1.807) is 12.5 Å². The van der Waals surface area contributed by atoms with Gasteiger partial charge in [-0.3, -0.25) is 0 Å². The van der Waals surface area contributed by atoms with Crippen molar-refractivity contribution in [2.45, 2.75) is 19.1 Å². The average Bonchev–Trinajstić information content (AvgIpc) is 2.89. The molecule has 0 aliphatic rings. The normalized spacial score (nSPS) is 12.5. The van der Waals surface area contributed by atoms with Gasteiger partial charge >= 0.3 is 0 Å². The third-order valence-corrected chi connectivity index (χ3v) is 2.66. The van der Waals surface area contributed by atoms with Crippen LogP contribution in [0.25, 0.3) is 0 Å². The van der Waals surface area contributed by atoms with E-state index in [4.69, 9.17) is 14.9 Å². The number of hydrogen-bond donors (Lipinski definition) is 1. The second-order valence-corrected chi connectivity index (χ2v) is 3.99. The minimum absolute atomic E-state index is 0.00970. The molecular weight excluding hydrogens is 214 g/mol. The summed E-state index contributed by atoms with van der Waals surface area (Å²) in [5.74, 6) is 0. The molecule has 1 heterocycles. The van der Waals surface area contributed by atoms with Crippen molar-refractivity contribution < 1.29 is 9.15 Å². The minimum atomic E-state index is -0.00970. The maximum atomic E-state index is 5.98. The van der Waals surface area contributed by atoms with Crippen molar-refractivity contribution in [3.63, 3.8) is 0 Å². The molecule has 2 aromatic rings. The van der Waals surface area contributed by atoms with E-state index in [1.165, 1.54) is 5.56 Å². The van der Waals surface area contributed by atoms with E-state index < -0.39 is 0 Å². The molecule has 2 rings (SSSR count). The van der Waals surface area contributed by atoms with Gasteiger partial charge in [0, 0.05) is 18.2 Å². The highest BCUT2D eigenvalue weighted by Gasteiger charge is 2.06. The zero-order valence-electron chi connectivity index (χ0n) is 9.71. The summed E-state index contributed by atoms with van der Waals surface area (Å²) in [6.07, 6.45) is 4.12. The van der Waals surface area contributed by atoms with Crippen LogP contribution in [0.2, 0.25) is 0 Å². The monoisotopic (exact) mass is 231 g/mol. The van der Waals surface area contributed by atoms with Crippen molar-refractivity contribution in [3.8, 4) is 0 Å². The highest BCUT2D eigenvalue weighted by atomic mass is 16.5. The Balaban J connectivity index is 1.67. The SMILES string of the molecule is NC(CCOCc1ccccc1)c1ccoc1. The van der Waals surface area contributed by atoms with E-state index in [1.807, 2.05) is 24.3 Å². The van der Waals surface area contributed by atoms with Crippen molar-refractivity contribution in [1.82, 2.24) is 0 Å². The first kappa shape index (κ1) is 11.9. The van der Waals surface area contributed by atoms with Gasteiger partial charge in [-0.15, -0.1) is 0 Å². The third-order valence-electron chi connectivity index (χ3n) is 2.66. The van der Waals surface area contributed by atoms with Crippen LogP contribution in [-0.4, -0.2) is 6.61 Å². The Morgan fingerprint density at radius 2 is 2.00 bits per heavy atom. The van der Waals surface area contributed by atoms with Crippen LogP contribution in [0, 0.1) is 0 Å². The predicted molar refractivity (Wildman–Crippen MR) is 66.4 cm³/mol. The molecule has 1 atom stereocenters. The van der Waals surface area contributed by atoms with Crippen LogP contribution in [0.4, 0.5) is 0 Å². The van der Waals surface area contributed by atoms with Gasteiger partial charge in [-0.25, -0.2) is 0 Å². The molecule has 1 unspecified atom stereocenters. The molecule has 3 heteroatoms. The van der Waals surface area contributed by atoms with Gasteiger partial charge in [0.2, 0.25) is 0 Å². The van der Waals surface area contributed by atoms with E-state index in [9.17, 15) is 0 Å². The molecule has 3 nitrogen and oxygen atoms in total. The molecule has 0 spiro atoms. The second kappa shape index (κ2) is 6.23. The molecule has 0 aliphatic carbocycles. The molecule has 0 amide bonds. The van der Waals surface area contributed by atoms with Gasteiger partial charge in [0.25, 0.3) is 0 Å². The topological polar surface area (TPSA) is 48.4 Å². The highest BCUT2D eigenvalue weighted by molar-refractivity contribution is 5.13. The Kier molecular flexibility index (Phi) is 4.36. The first-order chi connectivity index (χ1) is 8.36. The number of benzene rings is 1. The molecule has 17 heavy (non-hydrogen) atoms. The molecule has 0 bridgehead atoms. The number of hydrogen-bond acceptors (Lipinski definition) is 3. The number of furan rings is 1. The summed E-state index contributed by atoms with van der Waals surface area (Å²) in [6, 6.07) is 12.0. The first-order valence-electron chi connectivity index (χ1n) is 5.75. The Hall–Kier alpha value is -1.58. The summed E-state index contributed by atoms with van der Waals surface area (Å²) in [6.45, 7) is 1.29. The van der Waals surface area contributed by atoms with E-state index in [0.717, 1.165) is 12.0 Å². The van der Waals surface area contributed by atoms with Crippen molar-refractivity contribution >= 4 is 0 Å². The fraction of sp³-hybridized carbons (Fsp3) is 0.286. The van der Waals surface area contributed by atoms with E-state index in [-0.39, 0.29) is 6.04 Å². The second-order valence-electron chi connectivity index (χ2n) is 3.99. The maximum Gasteiger partial charge on any atom is 0.0950 e. The number of nitrogens with two attached hydrogens (primary N) is 1. The minimum Gasteiger partial charge on any atom is -0.472 e. The molecule has 2 N–H and O–H groups in total. The van der Waals surface area contributed by atoms with Crippen LogP contribution in [0.3, 0.4) is 0 Å². The molecule has 1 aromatic heterocycles. The summed E-state index contributed by atoms with van der Waals surface area (Å²) in [5.41, 5.74) is 8.19.